The second-order valence-corrected chi connectivity index (χ2v) is 3.85. The summed E-state index contributed by atoms with van der Waals surface area (Å²) in [5, 5.41) is 3.77. The van der Waals surface area contributed by atoms with Gasteiger partial charge in [-0.15, -0.1) is 0 Å². The number of nitrogens with zero attached hydrogens (tertiary/aromatic N) is 1. The van der Waals surface area contributed by atoms with E-state index in [1.807, 2.05) is 24.3 Å². The molecule has 0 aromatic heterocycles. The summed E-state index contributed by atoms with van der Waals surface area (Å²) >= 11 is 0. The molecular weight excluding hydrogens is 244 g/mol. The Balaban J connectivity index is 2.37. The molecule has 0 radical (unpaired) electrons. The lowest BCUT2D eigenvalue weighted by atomic mass is 10.3. The lowest BCUT2D eigenvalue weighted by Crippen LogP contribution is -2.06. The molecule has 0 heterocycles. The van der Waals surface area contributed by atoms with Crippen LogP contribution in [0.3, 0.4) is 0 Å². The first-order chi connectivity index (χ1) is 9.26. The van der Waals surface area contributed by atoms with Crippen molar-refractivity contribution in [3.63, 3.8) is 0 Å². The van der Waals surface area contributed by atoms with E-state index in [0.717, 1.165) is 37.1 Å². The maximum atomic E-state index is 11.0. The molecule has 5 nitrogen and oxygen atoms in total. The summed E-state index contributed by atoms with van der Waals surface area (Å²) in [7, 11) is 0. The number of benzene rings is 1. The van der Waals surface area contributed by atoms with Crippen LogP contribution in [-0.2, 0) is 9.53 Å². The lowest BCUT2D eigenvalue weighted by Gasteiger charge is -2.06. The number of rotatable bonds is 8. The van der Waals surface area contributed by atoms with E-state index in [9.17, 15) is 4.79 Å². The largest absolute Gasteiger partial charge is 0.494 e. The summed E-state index contributed by atoms with van der Waals surface area (Å²) in [6.07, 6.45) is 3.27. The molecule has 0 fully saturated rings. The number of hydrogen-bond donors (Lipinski definition) is 1. The smallest absolute Gasteiger partial charge is 0.351 e. The fourth-order valence-electron chi connectivity index (χ4n) is 1.30. The minimum Gasteiger partial charge on any atom is -0.494 e. The summed E-state index contributed by atoms with van der Waals surface area (Å²) in [4.78, 5) is 11.0. The Morgan fingerprint density at radius 2 is 2.05 bits per heavy atom. The molecule has 0 aliphatic rings. The molecule has 1 rings (SSSR count). The Labute approximate surface area is 113 Å². The minimum atomic E-state index is -0.463. The molecule has 104 valence electrons. The molecule has 1 N–H and O–H groups in total. The van der Waals surface area contributed by atoms with Crippen LogP contribution in [0.2, 0.25) is 0 Å². The zero-order valence-corrected chi connectivity index (χ0v) is 11.4. The molecule has 1 aromatic rings. The predicted molar refractivity (Wildman–Crippen MR) is 75.6 cm³/mol. The normalized spacial score (nSPS) is 10.4. The molecule has 0 unspecified atom stereocenters. The maximum absolute atomic E-state index is 11.0. The molecule has 0 saturated heterocycles. The molecule has 19 heavy (non-hydrogen) atoms. The topological polar surface area (TPSA) is 59.9 Å². The maximum Gasteiger partial charge on any atom is 0.351 e. The first kappa shape index (κ1) is 15.0. The molecule has 0 aliphatic heterocycles. The van der Waals surface area contributed by atoms with Crippen molar-refractivity contribution in [3.8, 4) is 5.75 Å². The highest BCUT2D eigenvalue weighted by molar-refractivity contribution is 6.23. The van der Waals surface area contributed by atoms with E-state index in [2.05, 4.69) is 17.5 Å². The number of anilines is 1. The molecule has 0 spiro atoms. The Bertz CT molecular complexity index is 402. The van der Waals surface area contributed by atoms with Crippen LogP contribution in [0.5, 0.6) is 5.75 Å². The average molecular weight is 264 g/mol. The molecule has 0 saturated carbocycles. The Hall–Kier alpha value is -2.04. The van der Waals surface area contributed by atoms with Gasteiger partial charge in [0.15, 0.2) is 0 Å². The fraction of sp³-hybridized carbons (Fsp3) is 0.429. The summed E-state index contributed by atoms with van der Waals surface area (Å²) in [5.74, 6) is 0.364. The number of hydrazone groups is 1. The van der Waals surface area contributed by atoms with E-state index in [1.54, 1.807) is 6.92 Å². The van der Waals surface area contributed by atoms with Crippen LogP contribution < -0.4 is 10.2 Å². The van der Waals surface area contributed by atoms with Gasteiger partial charge < -0.3 is 9.47 Å². The molecule has 1 aromatic carbocycles. The van der Waals surface area contributed by atoms with Crippen LogP contribution in [0, 0.1) is 0 Å². The first-order valence-electron chi connectivity index (χ1n) is 6.45. The summed E-state index contributed by atoms with van der Waals surface area (Å²) in [5.41, 5.74) is 3.52. The molecular formula is C14H20N2O3. The predicted octanol–water partition coefficient (Wildman–Crippen LogP) is 2.83. The van der Waals surface area contributed by atoms with Gasteiger partial charge in [0.05, 0.1) is 18.9 Å². The average Bonchev–Trinajstić information content (AvgIpc) is 2.41. The highest BCUT2D eigenvalue weighted by Crippen LogP contribution is 2.15. The van der Waals surface area contributed by atoms with E-state index in [4.69, 9.17) is 9.47 Å². The fourth-order valence-corrected chi connectivity index (χ4v) is 1.30. The van der Waals surface area contributed by atoms with E-state index >= 15 is 0 Å². The van der Waals surface area contributed by atoms with Crippen molar-refractivity contribution in [2.75, 3.05) is 18.6 Å². The third kappa shape index (κ3) is 6.45. The summed E-state index contributed by atoms with van der Waals surface area (Å²) < 4.78 is 10.2. The van der Waals surface area contributed by atoms with Gasteiger partial charge in [-0.2, -0.15) is 5.10 Å². The van der Waals surface area contributed by atoms with Gasteiger partial charge in [0.1, 0.15) is 12.0 Å². The Morgan fingerprint density at radius 1 is 1.32 bits per heavy atom. The number of nitrogens with one attached hydrogen (secondary N) is 1. The van der Waals surface area contributed by atoms with Crippen molar-refractivity contribution < 1.29 is 14.3 Å². The van der Waals surface area contributed by atoms with Crippen LogP contribution in [0.4, 0.5) is 5.69 Å². The van der Waals surface area contributed by atoms with Crippen LogP contribution in [0.1, 0.15) is 26.7 Å². The minimum absolute atomic E-state index is 0.342. The number of carbonyl (C=O) groups excluding carboxylic acids is 1. The molecule has 0 bridgehead atoms. The van der Waals surface area contributed by atoms with E-state index < -0.39 is 5.97 Å². The van der Waals surface area contributed by atoms with Gasteiger partial charge in [0.25, 0.3) is 0 Å². The van der Waals surface area contributed by atoms with Crippen LogP contribution in [-0.4, -0.2) is 25.4 Å². The highest BCUT2D eigenvalue weighted by Gasteiger charge is 1.96. The number of ether oxygens (including phenoxy) is 2. The molecule has 0 aliphatic carbocycles. The SMILES string of the molecule is CCCCOc1ccc(N/N=C\C(=O)OCC)cc1. The van der Waals surface area contributed by atoms with E-state index in [1.165, 1.54) is 0 Å². The van der Waals surface area contributed by atoms with E-state index in [0.29, 0.717) is 6.61 Å². The Kier molecular flexibility index (Phi) is 7.09. The molecule has 0 atom stereocenters. The van der Waals surface area contributed by atoms with Crippen LogP contribution in [0.25, 0.3) is 0 Å². The van der Waals surface area contributed by atoms with Crippen molar-refractivity contribution in [2.24, 2.45) is 5.10 Å². The zero-order chi connectivity index (χ0) is 13.9. The number of unbranched alkanes of at least 4 members (excludes halogenated alkanes) is 1. The van der Waals surface area contributed by atoms with Gasteiger partial charge in [-0.1, -0.05) is 13.3 Å². The van der Waals surface area contributed by atoms with Crippen molar-refractivity contribution >= 4 is 17.9 Å². The third-order valence-electron chi connectivity index (χ3n) is 2.27. The Morgan fingerprint density at radius 3 is 2.68 bits per heavy atom. The summed E-state index contributed by atoms with van der Waals surface area (Å²) in [6.45, 7) is 4.94. The monoisotopic (exact) mass is 264 g/mol. The van der Waals surface area contributed by atoms with Gasteiger partial charge in [-0.05, 0) is 37.6 Å². The van der Waals surface area contributed by atoms with Crippen molar-refractivity contribution in [3.05, 3.63) is 24.3 Å². The van der Waals surface area contributed by atoms with Crippen LogP contribution in [0.15, 0.2) is 29.4 Å². The quantitative estimate of drug-likeness (QED) is 0.339. The number of carbonyl (C=O) groups is 1. The molecule has 0 amide bonds. The zero-order valence-electron chi connectivity index (χ0n) is 11.4. The van der Waals surface area contributed by atoms with Gasteiger partial charge in [-0.25, -0.2) is 4.79 Å². The van der Waals surface area contributed by atoms with Gasteiger partial charge >= 0.3 is 5.97 Å². The number of hydrogen-bond acceptors (Lipinski definition) is 5. The van der Waals surface area contributed by atoms with E-state index in [-0.39, 0.29) is 0 Å². The first-order valence-corrected chi connectivity index (χ1v) is 6.45. The van der Waals surface area contributed by atoms with Gasteiger partial charge in [0.2, 0.25) is 0 Å². The van der Waals surface area contributed by atoms with Crippen molar-refractivity contribution in [1.82, 2.24) is 0 Å². The second-order valence-electron chi connectivity index (χ2n) is 3.85. The lowest BCUT2D eigenvalue weighted by molar-refractivity contribution is -0.134. The number of esters is 1. The molecule has 5 heteroatoms. The summed E-state index contributed by atoms with van der Waals surface area (Å²) in [6, 6.07) is 7.39. The van der Waals surface area contributed by atoms with Crippen LogP contribution >= 0.6 is 0 Å². The van der Waals surface area contributed by atoms with Crippen molar-refractivity contribution in [1.29, 1.82) is 0 Å². The van der Waals surface area contributed by atoms with Gasteiger partial charge in [-0.3, -0.25) is 5.43 Å². The van der Waals surface area contributed by atoms with Crippen molar-refractivity contribution in [2.45, 2.75) is 26.7 Å². The second kappa shape index (κ2) is 8.97. The standard InChI is InChI=1S/C14H20N2O3/c1-3-5-10-19-13-8-6-12(7-9-13)16-15-11-14(17)18-4-2/h6-9,11,16H,3-5,10H2,1-2H3/b15-11-. The highest BCUT2D eigenvalue weighted by atomic mass is 16.5. The third-order valence-corrected chi connectivity index (χ3v) is 2.27. The van der Waals surface area contributed by atoms with Gasteiger partial charge in [0, 0.05) is 0 Å².